The van der Waals surface area contributed by atoms with Crippen LogP contribution in [0.3, 0.4) is 0 Å². The Bertz CT molecular complexity index is 140. The Morgan fingerprint density at radius 2 is 2.38 bits per heavy atom. The molecule has 1 N–H and O–H groups in total. The molecular weight excluding hydrogens is 236 g/mol. The fourth-order valence-corrected chi connectivity index (χ4v) is 2.32. The molecule has 0 saturated carbocycles. The van der Waals surface area contributed by atoms with Crippen LogP contribution >= 0.6 is 15.9 Å². The molecule has 1 saturated heterocycles. The zero-order valence-corrected chi connectivity index (χ0v) is 9.55. The van der Waals surface area contributed by atoms with E-state index >= 15 is 0 Å². The first-order valence-corrected chi connectivity index (χ1v) is 5.74. The van der Waals surface area contributed by atoms with Gasteiger partial charge >= 0.3 is 0 Å². The smallest absolute Gasteiger partial charge is 0.118 e. The Hall–Kier alpha value is 0.360. The van der Waals surface area contributed by atoms with Crippen molar-refractivity contribution in [1.82, 2.24) is 0 Å². The van der Waals surface area contributed by atoms with Gasteiger partial charge in [-0.15, -0.1) is 0 Å². The zero-order chi connectivity index (χ0) is 9.73. The van der Waals surface area contributed by atoms with E-state index in [-0.39, 0.29) is 0 Å². The van der Waals surface area contributed by atoms with E-state index in [0.717, 1.165) is 25.9 Å². The minimum Gasteiger partial charge on any atom is -0.389 e. The average molecular weight is 253 g/mol. The van der Waals surface area contributed by atoms with Gasteiger partial charge in [-0.25, -0.2) is 0 Å². The SMILES string of the molecule is COCC1(C(O)CBr)CCCCO1. The maximum Gasteiger partial charge on any atom is 0.118 e. The summed E-state index contributed by atoms with van der Waals surface area (Å²) in [7, 11) is 1.64. The minimum atomic E-state index is -0.479. The molecular formula is C9H17BrO3. The molecule has 1 heterocycles. The number of ether oxygens (including phenoxy) is 2. The van der Waals surface area contributed by atoms with Crippen molar-refractivity contribution < 1.29 is 14.6 Å². The summed E-state index contributed by atoms with van der Waals surface area (Å²) in [6.07, 6.45) is 2.59. The fraction of sp³-hybridized carbons (Fsp3) is 1.00. The van der Waals surface area contributed by atoms with Gasteiger partial charge in [0.25, 0.3) is 0 Å². The molecule has 1 aliphatic heterocycles. The summed E-state index contributed by atoms with van der Waals surface area (Å²) >= 11 is 3.27. The second-order valence-corrected chi connectivity index (χ2v) is 4.12. The Morgan fingerprint density at radius 3 is 2.85 bits per heavy atom. The van der Waals surface area contributed by atoms with Gasteiger partial charge in [-0.2, -0.15) is 0 Å². The van der Waals surface area contributed by atoms with Crippen molar-refractivity contribution in [2.75, 3.05) is 25.7 Å². The van der Waals surface area contributed by atoms with Crippen LogP contribution in [0.4, 0.5) is 0 Å². The second kappa shape index (κ2) is 5.29. The Balaban J connectivity index is 2.60. The number of aliphatic hydroxyl groups is 1. The van der Waals surface area contributed by atoms with Crippen molar-refractivity contribution in [3.8, 4) is 0 Å². The number of hydrogen-bond donors (Lipinski definition) is 1. The highest BCUT2D eigenvalue weighted by molar-refractivity contribution is 9.09. The van der Waals surface area contributed by atoms with Crippen molar-refractivity contribution in [2.45, 2.75) is 31.0 Å². The summed E-state index contributed by atoms with van der Waals surface area (Å²) in [4.78, 5) is 0. The molecule has 2 unspecified atom stereocenters. The number of hydrogen-bond acceptors (Lipinski definition) is 3. The van der Waals surface area contributed by atoms with E-state index in [1.807, 2.05) is 0 Å². The predicted molar refractivity (Wildman–Crippen MR) is 54.2 cm³/mol. The fourth-order valence-electron chi connectivity index (χ4n) is 1.73. The van der Waals surface area contributed by atoms with E-state index in [9.17, 15) is 5.11 Å². The highest BCUT2D eigenvalue weighted by Crippen LogP contribution is 2.29. The van der Waals surface area contributed by atoms with Crippen molar-refractivity contribution in [2.24, 2.45) is 0 Å². The molecule has 0 aromatic heterocycles. The van der Waals surface area contributed by atoms with Crippen LogP contribution in [0.1, 0.15) is 19.3 Å². The molecule has 0 amide bonds. The number of rotatable bonds is 4. The lowest BCUT2D eigenvalue weighted by molar-refractivity contribution is -0.167. The number of aliphatic hydroxyl groups excluding tert-OH is 1. The second-order valence-electron chi connectivity index (χ2n) is 3.47. The van der Waals surface area contributed by atoms with Crippen LogP contribution in [0.25, 0.3) is 0 Å². The van der Waals surface area contributed by atoms with Crippen molar-refractivity contribution in [1.29, 1.82) is 0 Å². The largest absolute Gasteiger partial charge is 0.389 e. The van der Waals surface area contributed by atoms with Crippen LogP contribution in [0.5, 0.6) is 0 Å². The maximum absolute atomic E-state index is 9.81. The first kappa shape index (κ1) is 11.4. The lowest BCUT2D eigenvalue weighted by Gasteiger charge is -2.39. The Kier molecular flexibility index (Phi) is 4.66. The molecule has 1 fully saturated rings. The number of halogens is 1. The van der Waals surface area contributed by atoms with Gasteiger partial charge < -0.3 is 14.6 Å². The molecule has 1 rings (SSSR count). The Labute approximate surface area is 87.5 Å². The standard InChI is InChI=1S/C9H17BrO3/c1-12-7-9(8(11)6-10)4-2-3-5-13-9/h8,11H,2-7H2,1H3. The van der Waals surface area contributed by atoms with E-state index in [4.69, 9.17) is 9.47 Å². The molecule has 0 aromatic rings. The van der Waals surface area contributed by atoms with Crippen LogP contribution in [0.2, 0.25) is 0 Å². The number of methoxy groups -OCH3 is 1. The molecule has 1 aliphatic rings. The molecule has 78 valence electrons. The van der Waals surface area contributed by atoms with Gasteiger partial charge in [0.15, 0.2) is 0 Å². The third kappa shape index (κ3) is 2.65. The molecule has 4 heteroatoms. The molecule has 0 aromatic carbocycles. The van der Waals surface area contributed by atoms with Gasteiger partial charge in [0.05, 0.1) is 12.7 Å². The van der Waals surface area contributed by atoms with Gasteiger partial charge in [-0.05, 0) is 19.3 Å². The van der Waals surface area contributed by atoms with E-state index in [0.29, 0.717) is 11.9 Å². The van der Waals surface area contributed by atoms with Crippen LogP contribution in [0, 0.1) is 0 Å². The van der Waals surface area contributed by atoms with Crippen LogP contribution < -0.4 is 0 Å². The van der Waals surface area contributed by atoms with Gasteiger partial charge in [0.2, 0.25) is 0 Å². The summed E-state index contributed by atoms with van der Waals surface area (Å²) in [5.41, 5.74) is -0.476. The molecule has 3 nitrogen and oxygen atoms in total. The summed E-state index contributed by atoms with van der Waals surface area (Å²) in [5.74, 6) is 0. The third-order valence-corrected chi connectivity index (χ3v) is 3.14. The molecule has 0 bridgehead atoms. The lowest BCUT2D eigenvalue weighted by atomic mass is 9.90. The van der Waals surface area contributed by atoms with Gasteiger partial charge in [0.1, 0.15) is 5.60 Å². The van der Waals surface area contributed by atoms with Gasteiger partial charge in [0, 0.05) is 19.0 Å². The Morgan fingerprint density at radius 1 is 1.62 bits per heavy atom. The molecule has 0 spiro atoms. The topological polar surface area (TPSA) is 38.7 Å². The maximum atomic E-state index is 9.81. The minimum absolute atomic E-state index is 0.472. The van der Waals surface area contributed by atoms with Crippen LogP contribution in [-0.4, -0.2) is 42.5 Å². The monoisotopic (exact) mass is 252 g/mol. The van der Waals surface area contributed by atoms with Crippen molar-refractivity contribution >= 4 is 15.9 Å². The molecule has 13 heavy (non-hydrogen) atoms. The van der Waals surface area contributed by atoms with E-state index in [1.165, 1.54) is 0 Å². The van der Waals surface area contributed by atoms with Crippen LogP contribution in [0.15, 0.2) is 0 Å². The lowest BCUT2D eigenvalue weighted by Crippen LogP contribution is -2.51. The predicted octanol–water partition coefficient (Wildman–Crippen LogP) is 1.33. The van der Waals surface area contributed by atoms with Crippen molar-refractivity contribution in [3.05, 3.63) is 0 Å². The van der Waals surface area contributed by atoms with Gasteiger partial charge in [-0.3, -0.25) is 0 Å². The highest BCUT2D eigenvalue weighted by Gasteiger charge is 2.39. The van der Waals surface area contributed by atoms with Crippen molar-refractivity contribution in [3.63, 3.8) is 0 Å². The highest BCUT2D eigenvalue weighted by atomic mass is 79.9. The van der Waals surface area contributed by atoms with E-state index in [2.05, 4.69) is 15.9 Å². The molecule has 0 radical (unpaired) electrons. The molecule has 0 aliphatic carbocycles. The van der Waals surface area contributed by atoms with E-state index in [1.54, 1.807) is 7.11 Å². The summed E-state index contributed by atoms with van der Waals surface area (Å²) in [6, 6.07) is 0. The van der Waals surface area contributed by atoms with Crippen LogP contribution in [-0.2, 0) is 9.47 Å². The zero-order valence-electron chi connectivity index (χ0n) is 7.96. The first-order chi connectivity index (χ1) is 6.25. The summed E-state index contributed by atoms with van der Waals surface area (Å²) < 4.78 is 10.8. The number of alkyl halides is 1. The van der Waals surface area contributed by atoms with E-state index < -0.39 is 11.7 Å². The quantitative estimate of drug-likeness (QED) is 0.768. The third-order valence-electron chi connectivity index (χ3n) is 2.53. The average Bonchev–Trinajstić information content (AvgIpc) is 2.18. The summed E-state index contributed by atoms with van der Waals surface area (Å²) in [5, 5.41) is 10.4. The summed E-state index contributed by atoms with van der Waals surface area (Å²) in [6.45, 7) is 1.20. The van der Waals surface area contributed by atoms with Gasteiger partial charge in [-0.1, -0.05) is 15.9 Å². The first-order valence-electron chi connectivity index (χ1n) is 4.62. The normalized spacial score (nSPS) is 31.6. The molecule has 2 atom stereocenters.